The van der Waals surface area contributed by atoms with Crippen LogP contribution in [-0.4, -0.2) is 23.0 Å². The molecule has 1 fully saturated rings. The summed E-state index contributed by atoms with van der Waals surface area (Å²) in [5.41, 5.74) is 0.650. The van der Waals surface area contributed by atoms with Crippen molar-refractivity contribution in [2.45, 2.75) is 0 Å². The van der Waals surface area contributed by atoms with Gasteiger partial charge < -0.3 is 4.74 Å². The second-order valence-electron chi connectivity index (χ2n) is 3.41. The van der Waals surface area contributed by atoms with Crippen molar-refractivity contribution in [2.24, 2.45) is 0 Å². The summed E-state index contributed by atoms with van der Waals surface area (Å²) >= 11 is 16.6. The number of hydrogen-bond acceptors (Lipinski definition) is 3. The van der Waals surface area contributed by atoms with Crippen LogP contribution in [0.25, 0.3) is 6.08 Å². The Morgan fingerprint density at radius 2 is 2.12 bits per heavy atom. The molecule has 3 nitrogen and oxygen atoms in total. The molecular weight excluding hydrogens is 281 g/mol. The quantitative estimate of drug-likeness (QED) is 0.587. The molecule has 1 amide bonds. The predicted octanol–water partition coefficient (Wildman–Crippen LogP) is 3.11. The van der Waals surface area contributed by atoms with E-state index in [2.05, 4.69) is 0 Å². The Labute approximate surface area is 114 Å². The van der Waals surface area contributed by atoms with Gasteiger partial charge in [-0.25, -0.2) is 0 Å². The maximum Gasteiger partial charge on any atom is 0.296 e. The van der Waals surface area contributed by atoms with Gasteiger partial charge in [-0.3, -0.25) is 9.69 Å². The molecule has 0 aromatic heterocycles. The molecule has 0 radical (unpaired) electrons. The Morgan fingerprint density at radius 3 is 2.65 bits per heavy atom. The third-order valence-corrected chi connectivity index (χ3v) is 3.16. The monoisotopic (exact) mass is 287 g/mol. The van der Waals surface area contributed by atoms with Crippen molar-refractivity contribution >= 4 is 52.6 Å². The van der Waals surface area contributed by atoms with Gasteiger partial charge in [-0.2, -0.15) is 0 Å². The number of likely N-dealkylation sites (N-methyl/N-ethyl adjacent to an activating group) is 1. The number of carbonyl (C=O) groups is 1. The Kier molecular flexibility index (Phi) is 3.38. The molecule has 0 spiro atoms. The minimum absolute atomic E-state index is 0.131. The first-order valence-electron chi connectivity index (χ1n) is 4.65. The molecule has 1 aromatic carbocycles. The molecule has 0 saturated carbocycles. The van der Waals surface area contributed by atoms with Gasteiger partial charge in [-0.05, 0) is 36.0 Å². The molecule has 6 heteroatoms. The van der Waals surface area contributed by atoms with Crippen LogP contribution >= 0.6 is 35.4 Å². The van der Waals surface area contributed by atoms with E-state index in [1.54, 1.807) is 25.2 Å². The highest BCUT2D eigenvalue weighted by Crippen LogP contribution is 2.25. The summed E-state index contributed by atoms with van der Waals surface area (Å²) in [6.45, 7) is 0. The Balaban J connectivity index is 2.37. The van der Waals surface area contributed by atoms with E-state index in [0.717, 1.165) is 0 Å². The molecule has 1 aromatic rings. The average Bonchev–Trinajstić information content (AvgIpc) is 2.50. The lowest BCUT2D eigenvalue weighted by molar-refractivity contribution is -0.122. The fourth-order valence-electron chi connectivity index (χ4n) is 1.31. The van der Waals surface area contributed by atoms with Crippen LogP contribution in [0.15, 0.2) is 24.0 Å². The standard InChI is InChI=1S/C11H7Cl2NO2S/c1-14-10(15)9(16-11(14)17)4-6-2-3-7(12)5-8(6)13/h2-5H,1H3/b9-4-. The molecule has 1 heterocycles. The maximum absolute atomic E-state index is 11.7. The Bertz CT molecular complexity index is 542. The minimum atomic E-state index is -0.291. The fraction of sp³-hybridized carbons (Fsp3) is 0.0909. The van der Waals surface area contributed by atoms with Crippen molar-refractivity contribution in [3.05, 3.63) is 39.6 Å². The van der Waals surface area contributed by atoms with Gasteiger partial charge in [0.25, 0.3) is 11.1 Å². The number of hydrogen-bond donors (Lipinski definition) is 0. The van der Waals surface area contributed by atoms with Gasteiger partial charge in [-0.15, -0.1) is 0 Å². The van der Waals surface area contributed by atoms with Crippen LogP contribution in [-0.2, 0) is 9.53 Å². The van der Waals surface area contributed by atoms with Gasteiger partial charge in [0.1, 0.15) is 0 Å². The first kappa shape index (κ1) is 12.4. The summed E-state index contributed by atoms with van der Waals surface area (Å²) in [5, 5.41) is 1.11. The smallest absolute Gasteiger partial charge is 0.296 e. The molecule has 0 atom stereocenters. The largest absolute Gasteiger partial charge is 0.426 e. The number of ether oxygens (including phenoxy) is 1. The van der Waals surface area contributed by atoms with Crippen molar-refractivity contribution in [1.82, 2.24) is 4.90 Å². The summed E-state index contributed by atoms with van der Waals surface area (Å²) in [6, 6.07) is 4.98. The summed E-state index contributed by atoms with van der Waals surface area (Å²) in [7, 11) is 1.55. The molecule has 2 rings (SSSR count). The number of thiocarbonyl (C=S) groups is 1. The lowest BCUT2D eigenvalue weighted by Gasteiger charge is -2.00. The van der Waals surface area contributed by atoms with Crippen molar-refractivity contribution in [2.75, 3.05) is 7.05 Å². The fourth-order valence-corrected chi connectivity index (χ4v) is 1.94. The average molecular weight is 288 g/mol. The van der Waals surface area contributed by atoms with Crippen LogP contribution in [0, 0.1) is 0 Å². The topological polar surface area (TPSA) is 29.5 Å². The highest BCUT2D eigenvalue weighted by Gasteiger charge is 2.30. The normalized spacial score (nSPS) is 17.8. The van der Waals surface area contributed by atoms with E-state index in [4.69, 9.17) is 40.2 Å². The van der Waals surface area contributed by atoms with Crippen molar-refractivity contribution in [3.8, 4) is 0 Å². The number of nitrogens with zero attached hydrogens (tertiary/aromatic N) is 1. The first-order valence-corrected chi connectivity index (χ1v) is 5.82. The van der Waals surface area contributed by atoms with E-state index in [-0.39, 0.29) is 16.8 Å². The lowest BCUT2D eigenvalue weighted by Crippen LogP contribution is -2.22. The number of carbonyl (C=O) groups excluding carboxylic acids is 1. The molecule has 1 aliphatic rings. The van der Waals surface area contributed by atoms with Gasteiger partial charge >= 0.3 is 0 Å². The van der Waals surface area contributed by atoms with Gasteiger partial charge in [0, 0.05) is 17.1 Å². The van der Waals surface area contributed by atoms with Gasteiger partial charge in [-0.1, -0.05) is 29.3 Å². The van der Waals surface area contributed by atoms with Crippen LogP contribution in [0.1, 0.15) is 5.56 Å². The molecule has 0 bridgehead atoms. The summed E-state index contributed by atoms with van der Waals surface area (Å²) in [4.78, 5) is 12.9. The zero-order valence-electron chi connectivity index (χ0n) is 8.74. The van der Waals surface area contributed by atoms with E-state index < -0.39 is 0 Å². The van der Waals surface area contributed by atoms with Crippen LogP contribution < -0.4 is 0 Å². The predicted molar refractivity (Wildman–Crippen MR) is 70.9 cm³/mol. The summed E-state index contributed by atoms with van der Waals surface area (Å²) < 4.78 is 5.15. The molecule has 17 heavy (non-hydrogen) atoms. The third-order valence-electron chi connectivity index (χ3n) is 2.24. The Morgan fingerprint density at radius 1 is 1.41 bits per heavy atom. The highest BCUT2D eigenvalue weighted by atomic mass is 35.5. The van der Waals surface area contributed by atoms with Crippen LogP contribution in [0.5, 0.6) is 0 Å². The molecule has 0 unspecified atom stereocenters. The SMILES string of the molecule is CN1C(=O)/C(=C/c2ccc(Cl)cc2Cl)OC1=S. The highest BCUT2D eigenvalue weighted by molar-refractivity contribution is 7.80. The van der Waals surface area contributed by atoms with Gasteiger partial charge in [0.2, 0.25) is 0 Å². The van der Waals surface area contributed by atoms with Crippen LogP contribution in [0.4, 0.5) is 0 Å². The number of benzene rings is 1. The van der Waals surface area contributed by atoms with Gasteiger partial charge in [0.15, 0.2) is 5.76 Å². The number of halogens is 2. The van der Waals surface area contributed by atoms with E-state index >= 15 is 0 Å². The molecule has 1 saturated heterocycles. The number of amides is 1. The second-order valence-corrected chi connectivity index (χ2v) is 4.60. The summed E-state index contributed by atoms with van der Waals surface area (Å²) in [6.07, 6.45) is 1.54. The molecule has 1 aliphatic heterocycles. The number of rotatable bonds is 1. The van der Waals surface area contributed by atoms with Crippen LogP contribution in [0.2, 0.25) is 10.0 Å². The molecule has 0 aliphatic carbocycles. The van der Waals surface area contributed by atoms with E-state index in [1.807, 2.05) is 0 Å². The minimum Gasteiger partial charge on any atom is -0.426 e. The zero-order valence-corrected chi connectivity index (χ0v) is 11.1. The second kappa shape index (κ2) is 4.64. The first-order chi connectivity index (χ1) is 7.99. The summed E-state index contributed by atoms with van der Waals surface area (Å²) in [5.74, 6) is -0.136. The van der Waals surface area contributed by atoms with Crippen LogP contribution in [0.3, 0.4) is 0 Å². The van der Waals surface area contributed by atoms with Crippen molar-refractivity contribution in [1.29, 1.82) is 0 Å². The van der Waals surface area contributed by atoms with E-state index in [9.17, 15) is 4.79 Å². The molecular formula is C11H7Cl2NO2S. The van der Waals surface area contributed by atoms with Crippen molar-refractivity contribution < 1.29 is 9.53 Å². The zero-order chi connectivity index (χ0) is 12.6. The third kappa shape index (κ3) is 2.44. The van der Waals surface area contributed by atoms with E-state index in [1.165, 1.54) is 11.0 Å². The van der Waals surface area contributed by atoms with E-state index in [0.29, 0.717) is 15.6 Å². The van der Waals surface area contributed by atoms with Crippen molar-refractivity contribution in [3.63, 3.8) is 0 Å². The molecule has 0 N–H and O–H groups in total. The van der Waals surface area contributed by atoms with Gasteiger partial charge in [0.05, 0.1) is 0 Å². The lowest BCUT2D eigenvalue weighted by atomic mass is 10.2. The Hall–Kier alpha value is -1.10. The molecule has 88 valence electrons. The maximum atomic E-state index is 11.7.